The van der Waals surface area contributed by atoms with Crippen molar-refractivity contribution in [1.29, 1.82) is 0 Å². The highest BCUT2D eigenvalue weighted by Crippen LogP contribution is 2.38. The van der Waals surface area contributed by atoms with Gasteiger partial charge in [0.05, 0.1) is 22.9 Å². The van der Waals surface area contributed by atoms with E-state index in [2.05, 4.69) is 0 Å². The second-order valence-electron chi connectivity index (χ2n) is 7.68. The maximum atomic E-state index is 14.0. The van der Waals surface area contributed by atoms with Crippen LogP contribution in [0.15, 0.2) is 78.9 Å². The van der Waals surface area contributed by atoms with Crippen LogP contribution in [0.5, 0.6) is 5.75 Å². The van der Waals surface area contributed by atoms with E-state index in [1.165, 1.54) is 0 Å². The number of ether oxygens (including phenoxy) is 1. The molecule has 0 fully saturated rings. The van der Waals surface area contributed by atoms with E-state index in [-0.39, 0.29) is 11.9 Å². The van der Waals surface area contributed by atoms with Crippen LogP contribution >= 0.6 is 0 Å². The van der Waals surface area contributed by atoms with Crippen LogP contribution in [-0.2, 0) is 4.79 Å². The highest BCUT2D eigenvalue weighted by Gasteiger charge is 2.46. The molecular weight excluding hydrogens is 392 g/mol. The monoisotopic (exact) mass is 412 g/mol. The normalized spacial score (nSPS) is 18.3. The molecule has 3 aromatic carbocycles. The van der Waals surface area contributed by atoms with Crippen LogP contribution in [0.2, 0.25) is 0 Å². The van der Waals surface area contributed by atoms with E-state index < -0.39 is 17.9 Å². The average molecular weight is 412 g/mol. The molecule has 0 radical (unpaired) electrons. The highest BCUT2D eigenvalue weighted by atomic mass is 16.5. The number of nitrogens with zero attached hydrogens (tertiary/aromatic N) is 2. The first-order valence-electron chi connectivity index (χ1n) is 10.1. The maximum absolute atomic E-state index is 14.0. The molecule has 0 saturated carbocycles. The third kappa shape index (κ3) is 2.99. The lowest BCUT2D eigenvalue weighted by Crippen LogP contribution is -2.51. The van der Waals surface area contributed by atoms with Crippen LogP contribution in [0, 0.1) is 0 Å². The lowest BCUT2D eigenvalue weighted by molar-refractivity contribution is -0.123. The van der Waals surface area contributed by atoms with Gasteiger partial charge >= 0.3 is 0 Å². The first-order valence-corrected chi connectivity index (χ1v) is 10.1. The zero-order valence-electron chi connectivity index (χ0n) is 16.9. The van der Waals surface area contributed by atoms with Crippen molar-refractivity contribution in [1.82, 2.24) is 4.90 Å². The van der Waals surface area contributed by atoms with Gasteiger partial charge in [-0.1, -0.05) is 54.6 Å². The Morgan fingerprint density at radius 3 is 2.13 bits per heavy atom. The van der Waals surface area contributed by atoms with Gasteiger partial charge < -0.3 is 9.64 Å². The number of anilines is 1. The summed E-state index contributed by atoms with van der Waals surface area (Å²) in [5.41, 5.74) is 1.84. The number of para-hydroxylation sites is 2. The van der Waals surface area contributed by atoms with Crippen molar-refractivity contribution in [2.24, 2.45) is 0 Å². The Morgan fingerprint density at radius 1 is 0.871 bits per heavy atom. The Labute approximate surface area is 179 Å². The van der Waals surface area contributed by atoms with E-state index in [1.54, 1.807) is 59.5 Å². The first-order chi connectivity index (χ1) is 15.1. The van der Waals surface area contributed by atoms with Crippen molar-refractivity contribution in [2.75, 3.05) is 11.5 Å². The summed E-state index contributed by atoms with van der Waals surface area (Å²) in [7, 11) is 0. The van der Waals surface area contributed by atoms with Crippen molar-refractivity contribution in [3.63, 3.8) is 0 Å². The summed E-state index contributed by atoms with van der Waals surface area (Å²) in [6, 6.07) is 21.6. The topological polar surface area (TPSA) is 66.9 Å². The number of carbonyl (C=O) groups is 3. The lowest BCUT2D eigenvalue weighted by Gasteiger charge is -2.38. The van der Waals surface area contributed by atoms with Gasteiger partial charge in [-0.3, -0.25) is 19.3 Å². The third-order valence-corrected chi connectivity index (χ3v) is 5.72. The first kappa shape index (κ1) is 19.1. The molecule has 6 heteroatoms. The fourth-order valence-electron chi connectivity index (χ4n) is 4.25. The molecule has 2 atom stereocenters. The number of rotatable bonds is 3. The third-order valence-electron chi connectivity index (χ3n) is 5.72. The summed E-state index contributed by atoms with van der Waals surface area (Å²) >= 11 is 0. The molecule has 2 aliphatic rings. The maximum Gasteiger partial charge on any atom is 0.262 e. The molecule has 0 bridgehead atoms. The largest absolute Gasteiger partial charge is 0.489 e. The average Bonchev–Trinajstić information content (AvgIpc) is 3.05. The molecule has 31 heavy (non-hydrogen) atoms. The summed E-state index contributed by atoms with van der Waals surface area (Å²) in [6.45, 7) is 2.21. The van der Waals surface area contributed by atoms with Crippen LogP contribution in [-0.4, -0.2) is 35.3 Å². The molecule has 6 nitrogen and oxygen atoms in total. The lowest BCUT2D eigenvalue weighted by atomic mass is 10.0. The second-order valence-corrected chi connectivity index (χ2v) is 7.68. The molecule has 0 aliphatic carbocycles. The van der Waals surface area contributed by atoms with E-state index in [0.29, 0.717) is 34.7 Å². The van der Waals surface area contributed by atoms with Crippen LogP contribution in [0.3, 0.4) is 0 Å². The SMILES string of the molecule is C[C@H]1COc2ccccc2N1C(=O)[C@H](c1ccccc1)N1C(=O)c2ccccc2C1=O. The molecule has 0 spiro atoms. The van der Waals surface area contributed by atoms with E-state index >= 15 is 0 Å². The number of carbonyl (C=O) groups excluding carboxylic acids is 3. The van der Waals surface area contributed by atoms with Crippen molar-refractivity contribution < 1.29 is 19.1 Å². The molecule has 0 aromatic heterocycles. The van der Waals surface area contributed by atoms with E-state index in [0.717, 1.165) is 4.90 Å². The summed E-state index contributed by atoms with van der Waals surface area (Å²) in [5.74, 6) is -0.666. The van der Waals surface area contributed by atoms with E-state index in [1.807, 2.05) is 31.2 Å². The molecule has 0 N–H and O–H groups in total. The fourth-order valence-corrected chi connectivity index (χ4v) is 4.25. The smallest absolute Gasteiger partial charge is 0.262 e. The zero-order valence-corrected chi connectivity index (χ0v) is 16.9. The summed E-state index contributed by atoms with van der Waals surface area (Å²) in [4.78, 5) is 43.2. The molecule has 2 heterocycles. The van der Waals surface area contributed by atoms with Gasteiger partial charge in [0.25, 0.3) is 17.7 Å². The van der Waals surface area contributed by atoms with Crippen molar-refractivity contribution >= 4 is 23.4 Å². The van der Waals surface area contributed by atoms with Crippen LogP contribution in [0.25, 0.3) is 0 Å². The standard InChI is InChI=1S/C25H20N2O4/c1-16-15-31-21-14-8-7-13-20(21)26(16)25(30)22(17-9-3-2-4-10-17)27-23(28)18-11-5-6-12-19(18)24(27)29/h2-14,16,22H,15H2,1H3/t16-,22-/m0/s1. The number of benzene rings is 3. The Balaban J connectivity index is 1.63. The summed E-state index contributed by atoms with van der Waals surface area (Å²) in [5, 5.41) is 0. The molecule has 3 aromatic rings. The van der Waals surface area contributed by atoms with Gasteiger partial charge in [0.15, 0.2) is 0 Å². The number of fused-ring (bicyclic) bond motifs is 2. The summed E-state index contributed by atoms with van der Waals surface area (Å²) < 4.78 is 5.78. The minimum absolute atomic E-state index is 0.260. The Morgan fingerprint density at radius 2 is 1.45 bits per heavy atom. The van der Waals surface area contributed by atoms with Crippen molar-refractivity contribution in [3.05, 3.63) is 95.6 Å². The molecule has 3 amide bonds. The predicted octanol–water partition coefficient (Wildman–Crippen LogP) is 3.84. The molecule has 0 saturated heterocycles. The highest BCUT2D eigenvalue weighted by molar-refractivity contribution is 6.23. The van der Waals surface area contributed by atoms with Gasteiger partial charge in [-0.2, -0.15) is 0 Å². The minimum Gasteiger partial charge on any atom is -0.489 e. The minimum atomic E-state index is -1.08. The van der Waals surface area contributed by atoms with Crippen LogP contribution in [0.1, 0.15) is 39.2 Å². The van der Waals surface area contributed by atoms with Crippen molar-refractivity contribution in [3.8, 4) is 5.75 Å². The Hall–Kier alpha value is -3.93. The van der Waals surface area contributed by atoms with E-state index in [9.17, 15) is 14.4 Å². The Kier molecular flexibility index (Phi) is 4.55. The van der Waals surface area contributed by atoms with Gasteiger partial charge in [-0.15, -0.1) is 0 Å². The number of hydrogen-bond donors (Lipinski definition) is 0. The van der Waals surface area contributed by atoms with Crippen LogP contribution < -0.4 is 9.64 Å². The molecular formula is C25H20N2O4. The van der Waals surface area contributed by atoms with Gasteiger partial charge in [-0.25, -0.2) is 0 Å². The van der Waals surface area contributed by atoms with Gasteiger partial charge in [-0.05, 0) is 36.8 Å². The predicted molar refractivity (Wildman–Crippen MR) is 115 cm³/mol. The molecule has 0 unspecified atom stereocenters. The number of hydrogen-bond acceptors (Lipinski definition) is 4. The van der Waals surface area contributed by atoms with E-state index in [4.69, 9.17) is 4.74 Å². The molecule has 2 aliphatic heterocycles. The number of amides is 3. The molecule has 154 valence electrons. The van der Waals surface area contributed by atoms with Gasteiger partial charge in [0.1, 0.15) is 18.4 Å². The van der Waals surface area contributed by atoms with Gasteiger partial charge in [0.2, 0.25) is 0 Å². The quantitative estimate of drug-likeness (QED) is 0.613. The second kappa shape index (κ2) is 7.40. The zero-order chi connectivity index (χ0) is 21.5. The van der Waals surface area contributed by atoms with Crippen molar-refractivity contribution in [2.45, 2.75) is 19.0 Å². The number of imide groups is 1. The Bertz CT molecular complexity index is 1160. The summed E-state index contributed by atoms with van der Waals surface area (Å²) in [6.07, 6.45) is 0. The van der Waals surface area contributed by atoms with Crippen LogP contribution in [0.4, 0.5) is 5.69 Å². The molecule has 5 rings (SSSR count). The fraction of sp³-hybridized carbons (Fsp3) is 0.160. The van der Waals surface area contributed by atoms with Gasteiger partial charge in [0, 0.05) is 0 Å².